The lowest BCUT2D eigenvalue weighted by atomic mass is 10.2. The van der Waals surface area contributed by atoms with Gasteiger partial charge in [0.05, 0.1) is 6.10 Å². The summed E-state index contributed by atoms with van der Waals surface area (Å²) in [5.41, 5.74) is 0.559. The second kappa shape index (κ2) is 5.70. The van der Waals surface area contributed by atoms with Crippen LogP contribution in [0, 0.1) is 0 Å². The number of hydrogen-bond acceptors (Lipinski definition) is 3. The Morgan fingerprint density at radius 3 is 2.67 bits per heavy atom. The predicted molar refractivity (Wildman–Crippen MR) is 58.5 cm³/mol. The van der Waals surface area contributed by atoms with Gasteiger partial charge in [0.2, 0.25) is 0 Å². The van der Waals surface area contributed by atoms with Crippen LogP contribution in [0.25, 0.3) is 0 Å². The number of nitrogens with one attached hydrogen (secondary N) is 1. The maximum Gasteiger partial charge on any atom is 0.251 e. The summed E-state index contributed by atoms with van der Waals surface area (Å²) in [6.07, 6.45) is -0.207. The second-order valence-electron chi connectivity index (χ2n) is 3.16. The van der Waals surface area contributed by atoms with Crippen LogP contribution in [0.15, 0.2) is 24.3 Å². The lowest BCUT2D eigenvalue weighted by Gasteiger charge is -2.09. The van der Waals surface area contributed by atoms with Crippen molar-refractivity contribution < 1.29 is 9.63 Å². The van der Waals surface area contributed by atoms with Crippen LogP contribution in [0.3, 0.4) is 0 Å². The van der Waals surface area contributed by atoms with Crippen LogP contribution in [-0.2, 0) is 4.84 Å². The molecule has 3 N–H and O–H groups in total. The Balaban J connectivity index is 2.50. The van der Waals surface area contributed by atoms with Gasteiger partial charge in [0.15, 0.2) is 0 Å². The van der Waals surface area contributed by atoms with Crippen LogP contribution in [0.2, 0.25) is 5.02 Å². The molecule has 1 unspecified atom stereocenters. The number of nitrogens with two attached hydrogens (primary N) is 1. The fourth-order valence-electron chi connectivity index (χ4n) is 0.988. The molecule has 0 fully saturated rings. The van der Waals surface area contributed by atoms with Crippen molar-refractivity contribution in [2.24, 2.45) is 5.90 Å². The standard InChI is InChI=1S/C10H13ClN2O2/c1-7(15-12)6-13-10(14)8-2-4-9(11)5-3-8/h2-5,7H,6,12H2,1H3,(H,13,14). The van der Waals surface area contributed by atoms with E-state index in [-0.39, 0.29) is 12.0 Å². The molecule has 1 atom stereocenters. The number of rotatable bonds is 4. The fraction of sp³-hybridized carbons (Fsp3) is 0.300. The predicted octanol–water partition coefficient (Wildman–Crippen LogP) is 1.35. The van der Waals surface area contributed by atoms with E-state index in [2.05, 4.69) is 10.2 Å². The van der Waals surface area contributed by atoms with Gasteiger partial charge in [-0.15, -0.1) is 0 Å². The minimum absolute atomic E-state index is 0.171. The topological polar surface area (TPSA) is 64.3 Å². The molecule has 0 heterocycles. The minimum Gasteiger partial charge on any atom is -0.349 e. The van der Waals surface area contributed by atoms with Gasteiger partial charge >= 0.3 is 0 Å². The molecule has 1 aromatic carbocycles. The largest absolute Gasteiger partial charge is 0.349 e. The lowest BCUT2D eigenvalue weighted by molar-refractivity contribution is 0.0622. The van der Waals surface area contributed by atoms with Crippen molar-refractivity contribution in [3.63, 3.8) is 0 Å². The summed E-state index contributed by atoms with van der Waals surface area (Å²) in [5.74, 6) is 4.78. The smallest absolute Gasteiger partial charge is 0.251 e. The van der Waals surface area contributed by atoms with Crippen molar-refractivity contribution >= 4 is 17.5 Å². The zero-order chi connectivity index (χ0) is 11.3. The summed E-state index contributed by atoms with van der Waals surface area (Å²) >= 11 is 5.70. The van der Waals surface area contributed by atoms with E-state index in [9.17, 15) is 4.79 Å². The molecule has 0 aliphatic rings. The molecule has 5 heteroatoms. The number of carbonyl (C=O) groups excluding carboxylic acids is 1. The first-order valence-electron chi connectivity index (χ1n) is 4.53. The Labute approximate surface area is 93.3 Å². The van der Waals surface area contributed by atoms with E-state index in [0.29, 0.717) is 17.1 Å². The third kappa shape index (κ3) is 3.87. The molecule has 0 radical (unpaired) electrons. The molecule has 0 aliphatic carbocycles. The SMILES string of the molecule is CC(CNC(=O)c1ccc(Cl)cc1)ON. The Morgan fingerprint density at radius 1 is 1.53 bits per heavy atom. The first-order valence-corrected chi connectivity index (χ1v) is 4.90. The summed E-state index contributed by atoms with van der Waals surface area (Å²) in [6.45, 7) is 2.14. The van der Waals surface area contributed by atoms with Crippen LogP contribution in [0.5, 0.6) is 0 Å². The van der Waals surface area contributed by atoms with E-state index in [1.807, 2.05) is 0 Å². The highest BCUT2D eigenvalue weighted by molar-refractivity contribution is 6.30. The average molecular weight is 229 g/mol. The van der Waals surface area contributed by atoms with Gasteiger partial charge in [-0.2, -0.15) is 0 Å². The summed E-state index contributed by atoms with van der Waals surface area (Å²) in [4.78, 5) is 16.0. The number of halogens is 1. The molecule has 0 spiro atoms. The van der Waals surface area contributed by atoms with E-state index in [1.54, 1.807) is 31.2 Å². The van der Waals surface area contributed by atoms with Gasteiger partial charge in [0, 0.05) is 17.1 Å². The third-order valence-corrected chi connectivity index (χ3v) is 2.14. The highest BCUT2D eigenvalue weighted by atomic mass is 35.5. The first-order chi connectivity index (χ1) is 7.13. The molecule has 1 amide bonds. The summed E-state index contributed by atoms with van der Waals surface area (Å²) < 4.78 is 0. The Morgan fingerprint density at radius 2 is 2.13 bits per heavy atom. The van der Waals surface area contributed by atoms with Crippen LogP contribution < -0.4 is 11.2 Å². The van der Waals surface area contributed by atoms with Crippen molar-refractivity contribution in [1.82, 2.24) is 5.32 Å². The van der Waals surface area contributed by atoms with Crippen LogP contribution in [-0.4, -0.2) is 18.6 Å². The van der Waals surface area contributed by atoms with Crippen LogP contribution in [0.1, 0.15) is 17.3 Å². The molecule has 0 aromatic heterocycles. The summed E-state index contributed by atoms with van der Waals surface area (Å²) in [7, 11) is 0. The number of carbonyl (C=O) groups is 1. The van der Waals surface area contributed by atoms with Gasteiger partial charge in [0.1, 0.15) is 0 Å². The Hall–Kier alpha value is -1.10. The molecule has 15 heavy (non-hydrogen) atoms. The molecular formula is C10H13ClN2O2. The molecule has 0 saturated heterocycles. The van der Waals surface area contributed by atoms with Crippen molar-refractivity contribution in [2.45, 2.75) is 13.0 Å². The summed E-state index contributed by atoms with van der Waals surface area (Å²) in [5, 5.41) is 3.28. The maximum absolute atomic E-state index is 11.5. The van der Waals surface area contributed by atoms with E-state index >= 15 is 0 Å². The Kier molecular flexibility index (Phi) is 4.55. The molecule has 1 aromatic rings. The normalized spacial score (nSPS) is 12.2. The molecule has 0 saturated carbocycles. The second-order valence-corrected chi connectivity index (χ2v) is 3.60. The fourth-order valence-corrected chi connectivity index (χ4v) is 1.11. The van der Waals surface area contributed by atoms with Gasteiger partial charge in [-0.3, -0.25) is 9.63 Å². The molecule has 1 rings (SSSR count). The van der Waals surface area contributed by atoms with Gasteiger partial charge in [-0.05, 0) is 31.2 Å². The minimum atomic E-state index is -0.207. The van der Waals surface area contributed by atoms with Gasteiger partial charge < -0.3 is 5.32 Å². The van der Waals surface area contributed by atoms with E-state index in [1.165, 1.54) is 0 Å². The van der Waals surface area contributed by atoms with Gasteiger partial charge in [-0.25, -0.2) is 5.90 Å². The first kappa shape index (κ1) is 12.0. The van der Waals surface area contributed by atoms with Gasteiger partial charge in [0.25, 0.3) is 5.91 Å². The van der Waals surface area contributed by atoms with E-state index in [0.717, 1.165) is 0 Å². The maximum atomic E-state index is 11.5. The molecule has 0 bridgehead atoms. The van der Waals surface area contributed by atoms with Crippen molar-refractivity contribution in [1.29, 1.82) is 0 Å². The van der Waals surface area contributed by atoms with Crippen molar-refractivity contribution in [2.75, 3.05) is 6.54 Å². The monoisotopic (exact) mass is 228 g/mol. The zero-order valence-electron chi connectivity index (χ0n) is 8.37. The van der Waals surface area contributed by atoms with Crippen molar-refractivity contribution in [3.05, 3.63) is 34.9 Å². The van der Waals surface area contributed by atoms with E-state index in [4.69, 9.17) is 17.5 Å². The van der Waals surface area contributed by atoms with Crippen molar-refractivity contribution in [3.8, 4) is 0 Å². The quantitative estimate of drug-likeness (QED) is 0.765. The highest BCUT2D eigenvalue weighted by Crippen LogP contribution is 2.09. The number of hydrogen-bond donors (Lipinski definition) is 2. The van der Waals surface area contributed by atoms with E-state index < -0.39 is 0 Å². The number of benzene rings is 1. The molecule has 0 aliphatic heterocycles. The van der Waals surface area contributed by atoms with Gasteiger partial charge in [-0.1, -0.05) is 11.6 Å². The molecule has 4 nitrogen and oxygen atoms in total. The lowest BCUT2D eigenvalue weighted by Crippen LogP contribution is -2.33. The van der Waals surface area contributed by atoms with Crippen LogP contribution >= 0.6 is 11.6 Å². The molecular weight excluding hydrogens is 216 g/mol. The number of amides is 1. The zero-order valence-corrected chi connectivity index (χ0v) is 9.12. The molecule has 82 valence electrons. The highest BCUT2D eigenvalue weighted by Gasteiger charge is 2.06. The summed E-state index contributed by atoms with van der Waals surface area (Å²) in [6, 6.07) is 6.65. The Bertz CT molecular complexity index is 327. The average Bonchev–Trinajstić information content (AvgIpc) is 2.26. The van der Waals surface area contributed by atoms with Crippen LogP contribution in [0.4, 0.5) is 0 Å². The third-order valence-electron chi connectivity index (χ3n) is 1.89.